The molecule has 1 aliphatic rings. The van der Waals surface area contributed by atoms with Crippen LogP contribution in [0.2, 0.25) is 0 Å². The van der Waals surface area contributed by atoms with Gasteiger partial charge in [-0.05, 0) is 44.7 Å². The second-order valence-electron chi connectivity index (χ2n) is 6.97. The van der Waals surface area contributed by atoms with Gasteiger partial charge < -0.3 is 20.1 Å². The van der Waals surface area contributed by atoms with Gasteiger partial charge in [-0.15, -0.1) is 0 Å². The highest BCUT2D eigenvalue weighted by Crippen LogP contribution is 2.10. The molecule has 1 atom stereocenters. The van der Waals surface area contributed by atoms with E-state index in [9.17, 15) is 4.79 Å². The third-order valence-corrected chi connectivity index (χ3v) is 3.61. The number of alkyl carbamates (subject to hydrolysis) is 1. The zero-order valence-electron chi connectivity index (χ0n) is 14.4. The van der Waals surface area contributed by atoms with Gasteiger partial charge in [0.1, 0.15) is 5.60 Å². The van der Waals surface area contributed by atoms with Crippen LogP contribution in [0, 0.1) is 0 Å². The molecule has 1 aromatic carbocycles. The van der Waals surface area contributed by atoms with E-state index in [0.717, 1.165) is 31.7 Å². The molecule has 0 radical (unpaired) electrons. The fourth-order valence-corrected chi connectivity index (χ4v) is 2.43. The van der Waals surface area contributed by atoms with Crippen molar-refractivity contribution in [2.45, 2.75) is 58.3 Å². The monoisotopic (exact) mass is 320 g/mol. The van der Waals surface area contributed by atoms with Crippen molar-refractivity contribution < 1.29 is 14.3 Å². The molecule has 2 N–H and O–H groups in total. The van der Waals surface area contributed by atoms with Crippen LogP contribution in [-0.2, 0) is 22.6 Å². The second-order valence-corrected chi connectivity index (χ2v) is 6.97. The van der Waals surface area contributed by atoms with Gasteiger partial charge in [0.25, 0.3) is 0 Å². The van der Waals surface area contributed by atoms with E-state index in [0.29, 0.717) is 12.6 Å². The lowest BCUT2D eigenvalue weighted by molar-refractivity contribution is 0.0523. The normalized spacial score (nSPS) is 18.5. The molecule has 128 valence electrons. The van der Waals surface area contributed by atoms with Crippen molar-refractivity contribution >= 4 is 6.09 Å². The van der Waals surface area contributed by atoms with E-state index in [2.05, 4.69) is 22.8 Å². The van der Waals surface area contributed by atoms with E-state index in [1.807, 2.05) is 32.9 Å². The minimum Gasteiger partial charge on any atom is -0.444 e. The van der Waals surface area contributed by atoms with Crippen molar-refractivity contribution in [3.63, 3.8) is 0 Å². The van der Waals surface area contributed by atoms with Gasteiger partial charge in [-0.2, -0.15) is 0 Å². The number of rotatable bonds is 5. The standard InChI is InChI=1S/C18H28N2O3/c1-18(2,3)23-17(21)20-12-15-8-6-14(7-9-15)11-19-16-5-4-10-22-13-16/h6-9,16,19H,4-5,10-13H2,1-3H3,(H,20,21). The Labute approximate surface area is 138 Å². The number of hydrogen-bond acceptors (Lipinski definition) is 4. The summed E-state index contributed by atoms with van der Waals surface area (Å²) >= 11 is 0. The first-order valence-corrected chi connectivity index (χ1v) is 8.28. The summed E-state index contributed by atoms with van der Waals surface area (Å²) in [6.45, 7) is 8.56. The SMILES string of the molecule is CC(C)(C)OC(=O)NCc1ccc(CNC2CCCOC2)cc1. The molecule has 0 aliphatic carbocycles. The van der Waals surface area contributed by atoms with Crippen molar-refractivity contribution in [3.05, 3.63) is 35.4 Å². The largest absolute Gasteiger partial charge is 0.444 e. The minimum atomic E-state index is -0.470. The third kappa shape index (κ3) is 7.01. The Morgan fingerprint density at radius 1 is 1.22 bits per heavy atom. The van der Waals surface area contributed by atoms with Crippen LogP contribution >= 0.6 is 0 Å². The Hall–Kier alpha value is -1.59. The molecule has 1 unspecified atom stereocenters. The molecule has 1 aromatic rings. The van der Waals surface area contributed by atoms with E-state index in [-0.39, 0.29) is 6.09 Å². The fourth-order valence-electron chi connectivity index (χ4n) is 2.43. The molecule has 0 bridgehead atoms. The van der Waals surface area contributed by atoms with Gasteiger partial charge in [-0.25, -0.2) is 4.79 Å². The topological polar surface area (TPSA) is 59.6 Å². The summed E-state index contributed by atoms with van der Waals surface area (Å²) in [7, 11) is 0. The maximum atomic E-state index is 11.6. The summed E-state index contributed by atoms with van der Waals surface area (Å²) in [5.74, 6) is 0. The van der Waals surface area contributed by atoms with E-state index in [1.54, 1.807) is 0 Å². The summed E-state index contributed by atoms with van der Waals surface area (Å²) in [6, 6.07) is 8.69. The van der Waals surface area contributed by atoms with Gasteiger partial charge in [0.05, 0.1) is 6.61 Å². The number of ether oxygens (including phenoxy) is 2. The quantitative estimate of drug-likeness (QED) is 0.875. The van der Waals surface area contributed by atoms with Crippen LogP contribution in [0.1, 0.15) is 44.7 Å². The highest BCUT2D eigenvalue weighted by atomic mass is 16.6. The molecule has 0 aromatic heterocycles. The summed E-state index contributed by atoms with van der Waals surface area (Å²) in [6.07, 6.45) is 1.92. The van der Waals surface area contributed by atoms with Gasteiger partial charge in [-0.3, -0.25) is 0 Å². The summed E-state index contributed by atoms with van der Waals surface area (Å²) in [5, 5.41) is 6.28. The molecule has 1 amide bonds. The van der Waals surface area contributed by atoms with Crippen LogP contribution in [0.5, 0.6) is 0 Å². The number of hydrogen-bond donors (Lipinski definition) is 2. The van der Waals surface area contributed by atoms with Crippen LogP contribution in [0.4, 0.5) is 4.79 Å². The molecule has 0 saturated carbocycles. The molecule has 5 heteroatoms. The molecule has 1 aliphatic heterocycles. The molecule has 1 fully saturated rings. The molecule has 1 heterocycles. The number of carbonyl (C=O) groups excluding carboxylic acids is 1. The summed E-state index contributed by atoms with van der Waals surface area (Å²) in [4.78, 5) is 11.6. The molecular weight excluding hydrogens is 292 g/mol. The average Bonchev–Trinajstić information content (AvgIpc) is 2.51. The van der Waals surface area contributed by atoms with Gasteiger partial charge in [0.15, 0.2) is 0 Å². The van der Waals surface area contributed by atoms with Gasteiger partial charge in [-0.1, -0.05) is 24.3 Å². The lowest BCUT2D eigenvalue weighted by atomic mass is 10.1. The molecule has 23 heavy (non-hydrogen) atoms. The van der Waals surface area contributed by atoms with E-state index in [4.69, 9.17) is 9.47 Å². The third-order valence-electron chi connectivity index (χ3n) is 3.61. The van der Waals surface area contributed by atoms with Crippen molar-refractivity contribution in [1.29, 1.82) is 0 Å². The minimum absolute atomic E-state index is 0.388. The van der Waals surface area contributed by atoms with Crippen LogP contribution in [0.25, 0.3) is 0 Å². The number of amides is 1. The van der Waals surface area contributed by atoms with Crippen LogP contribution in [-0.4, -0.2) is 30.9 Å². The van der Waals surface area contributed by atoms with Gasteiger partial charge >= 0.3 is 6.09 Å². The first-order chi connectivity index (χ1) is 10.9. The number of benzene rings is 1. The molecule has 1 saturated heterocycles. The van der Waals surface area contributed by atoms with Crippen molar-refractivity contribution in [2.75, 3.05) is 13.2 Å². The maximum absolute atomic E-state index is 11.6. The highest BCUT2D eigenvalue weighted by molar-refractivity contribution is 5.67. The Balaban J connectivity index is 1.72. The smallest absolute Gasteiger partial charge is 0.407 e. The van der Waals surface area contributed by atoms with E-state index >= 15 is 0 Å². The summed E-state index contributed by atoms with van der Waals surface area (Å²) < 4.78 is 10.7. The van der Waals surface area contributed by atoms with Crippen LogP contribution in [0.15, 0.2) is 24.3 Å². The Morgan fingerprint density at radius 2 is 1.87 bits per heavy atom. The van der Waals surface area contributed by atoms with Crippen LogP contribution in [0.3, 0.4) is 0 Å². The second kappa shape index (κ2) is 8.31. The number of carbonyl (C=O) groups is 1. The Bertz CT molecular complexity index is 488. The molecule has 0 spiro atoms. The summed E-state index contributed by atoms with van der Waals surface area (Å²) in [5.41, 5.74) is 1.82. The predicted octanol–water partition coefficient (Wildman–Crippen LogP) is 2.98. The fraction of sp³-hybridized carbons (Fsp3) is 0.611. The van der Waals surface area contributed by atoms with Gasteiger partial charge in [0.2, 0.25) is 0 Å². The predicted molar refractivity (Wildman–Crippen MR) is 90.2 cm³/mol. The maximum Gasteiger partial charge on any atom is 0.407 e. The van der Waals surface area contributed by atoms with E-state index < -0.39 is 5.60 Å². The Kier molecular flexibility index (Phi) is 6.42. The molecular formula is C18H28N2O3. The molecule has 2 rings (SSSR count). The Morgan fingerprint density at radius 3 is 2.43 bits per heavy atom. The average molecular weight is 320 g/mol. The van der Waals surface area contributed by atoms with Crippen molar-refractivity contribution in [1.82, 2.24) is 10.6 Å². The highest BCUT2D eigenvalue weighted by Gasteiger charge is 2.15. The zero-order chi connectivity index (χ0) is 16.7. The van der Waals surface area contributed by atoms with Crippen LogP contribution < -0.4 is 10.6 Å². The van der Waals surface area contributed by atoms with Gasteiger partial charge in [0, 0.05) is 25.7 Å². The molecule has 5 nitrogen and oxygen atoms in total. The lowest BCUT2D eigenvalue weighted by Crippen LogP contribution is -2.36. The lowest BCUT2D eigenvalue weighted by Gasteiger charge is -2.23. The van der Waals surface area contributed by atoms with E-state index in [1.165, 1.54) is 12.0 Å². The van der Waals surface area contributed by atoms with Crippen molar-refractivity contribution in [2.24, 2.45) is 0 Å². The first-order valence-electron chi connectivity index (χ1n) is 8.28. The van der Waals surface area contributed by atoms with Crippen molar-refractivity contribution in [3.8, 4) is 0 Å². The first kappa shape index (κ1) is 17.8. The number of nitrogens with one attached hydrogen (secondary N) is 2. The zero-order valence-corrected chi connectivity index (χ0v) is 14.4.